The van der Waals surface area contributed by atoms with Crippen LogP contribution in [-0.4, -0.2) is 31.7 Å². The minimum Gasteiger partial charge on any atom is -0.348 e. The molecule has 134 valence electrons. The van der Waals surface area contributed by atoms with Crippen LogP contribution >= 0.6 is 22.6 Å². The zero-order valence-electron chi connectivity index (χ0n) is 14.2. The van der Waals surface area contributed by atoms with E-state index in [4.69, 9.17) is 0 Å². The van der Waals surface area contributed by atoms with E-state index in [1.54, 1.807) is 36.4 Å². The summed E-state index contributed by atoms with van der Waals surface area (Å²) < 4.78 is 27.4. The van der Waals surface area contributed by atoms with E-state index >= 15 is 0 Å². The summed E-state index contributed by atoms with van der Waals surface area (Å²) in [6, 6.07) is 13.9. The molecule has 0 unspecified atom stereocenters. The number of carbonyl (C=O) groups excluding carboxylic acids is 1. The highest BCUT2D eigenvalue weighted by Crippen LogP contribution is 2.16. The van der Waals surface area contributed by atoms with Gasteiger partial charge < -0.3 is 5.32 Å². The summed E-state index contributed by atoms with van der Waals surface area (Å²) in [5.41, 5.74) is 1.44. The first kappa shape index (κ1) is 19.9. The Kier molecular flexibility index (Phi) is 6.97. The normalized spacial score (nSPS) is 11.5. The lowest BCUT2D eigenvalue weighted by Crippen LogP contribution is -2.30. The van der Waals surface area contributed by atoms with Crippen molar-refractivity contribution in [1.82, 2.24) is 9.62 Å². The van der Waals surface area contributed by atoms with Crippen LogP contribution in [0.3, 0.4) is 0 Å². The third-order valence-electron chi connectivity index (χ3n) is 3.83. The lowest BCUT2D eigenvalue weighted by atomic mass is 10.2. The molecular formula is C18H21IN2O3S. The molecule has 0 radical (unpaired) electrons. The summed E-state index contributed by atoms with van der Waals surface area (Å²) >= 11 is 2.19. The van der Waals surface area contributed by atoms with Crippen molar-refractivity contribution in [2.45, 2.75) is 25.3 Å². The van der Waals surface area contributed by atoms with Gasteiger partial charge in [-0.25, -0.2) is 8.42 Å². The maximum absolute atomic E-state index is 12.4. The first-order chi connectivity index (χ1) is 11.9. The zero-order chi connectivity index (χ0) is 18.4. The number of nitrogens with one attached hydrogen (secondary N) is 1. The summed E-state index contributed by atoms with van der Waals surface area (Å²) in [4.78, 5) is 12.4. The molecule has 0 saturated carbocycles. The average molecular weight is 472 g/mol. The van der Waals surface area contributed by atoms with Gasteiger partial charge in [0.25, 0.3) is 5.91 Å². The van der Waals surface area contributed by atoms with Crippen LogP contribution in [0.1, 0.15) is 29.8 Å². The Balaban J connectivity index is 2.03. The number of sulfonamides is 1. The Bertz CT molecular complexity index is 814. The molecule has 0 atom stereocenters. The lowest BCUT2D eigenvalue weighted by molar-refractivity contribution is 0.0951. The molecule has 2 aromatic carbocycles. The lowest BCUT2D eigenvalue weighted by Gasteiger charge is -2.18. The highest BCUT2D eigenvalue weighted by atomic mass is 127. The van der Waals surface area contributed by atoms with E-state index in [2.05, 4.69) is 27.9 Å². The predicted octanol–water partition coefficient (Wildman–Crippen LogP) is 3.25. The Hall–Kier alpha value is -1.45. The van der Waals surface area contributed by atoms with Crippen LogP contribution in [-0.2, 0) is 16.6 Å². The van der Waals surface area contributed by atoms with Crippen LogP contribution in [0, 0.1) is 3.57 Å². The number of halogens is 1. The molecular weight excluding hydrogens is 451 g/mol. The summed E-state index contributed by atoms with van der Waals surface area (Å²) in [5, 5.41) is 2.84. The van der Waals surface area contributed by atoms with Gasteiger partial charge in [0.1, 0.15) is 0 Å². The standard InChI is InChI=1S/C18H21IN2O3S/c1-3-21(4-2)25(23,24)17-11-5-14(6-12-17)13-20-18(22)15-7-9-16(19)10-8-15/h5-12H,3-4,13H2,1-2H3,(H,20,22). The first-order valence-corrected chi connectivity index (χ1v) is 10.5. The Morgan fingerprint density at radius 3 is 2.08 bits per heavy atom. The Morgan fingerprint density at radius 1 is 1.00 bits per heavy atom. The highest BCUT2D eigenvalue weighted by molar-refractivity contribution is 14.1. The van der Waals surface area contributed by atoms with Crippen LogP contribution in [0.2, 0.25) is 0 Å². The smallest absolute Gasteiger partial charge is 0.251 e. The second kappa shape index (κ2) is 8.77. The Morgan fingerprint density at radius 2 is 1.56 bits per heavy atom. The van der Waals surface area contributed by atoms with Gasteiger partial charge in [-0.3, -0.25) is 4.79 Å². The molecule has 0 aliphatic carbocycles. The number of rotatable bonds is 7. The van der Waals surface area contributed by atoms with Crippen molar-refractivity contribution in [1.29, 1.82) is 0 Å². The molecule has 0 spiro atoms. The van der Waals surface area contributed by atoms with E-state index in [0.717, 1.165) is 9.13 Å². The van der Waals surface area contributed by atoms with Crippen LogP contribution in [0.4, 0.5) is 0 Å². The maximum atomic E-state index is 12.4. The topological polar surface area (TPSA) is 66.5 Å². The van der Waals surface area contributed by atoms with Crippen molar-refractivity contribution in [3.8, 4) is 0 Å². The molecule has 1 amide bonds. The van der Waals surface area contributed by atoms with Crippen molar-refractivity contribution in [2.75, 3.05) is 13.1 Å². The van der Waals surface area contributed by atoms with Gasteiger partial charge in [-0.2, -0.15) is 4.31 Å². The fraction of sp³-hybridized carbons (Fsp3) is 0.278. The van der Waals surface area contributed by atoms with Gasteiger partial charge in [0, 0.05) is 28.8 Å². The van der Waals surface area contributed by atoms with E-state index in [1.165, 1.54) is 4.31 Å². The van der Waals surface area contributed by atoms with Crippen molar-refractivity contribution < 1.29 is 13.2 Å². The van der Waals surface area contributed by atoms with Crippen molar-refractivity contribution in [2.24, 2.45) is 0 Å². The number of hydrogen-bond acceptors (Lipinski definition) is 3. The number of hydrogen-bond donors (Lipinski definition) is 1. The molecule has 7 heteroatoms. The molecule has 0 aliphatic heterocycles. The summed E-state index contributed by atoms with van der Waals surface area (Å²) in [5.74, 6) is -0.156. The van der Waals surface area contributed by atoms with Gasteiger partial charge >= 0.3 is 0 Å². The average Bonchev–Trinajstić information content (AvgIpc) is 2.61. The molecule has 25 heavy (non-hydrogen) atoms. The largest absolute Gasteiger partial charge is 0.348 e. The molecule has 5 nitrogen and oxygen atoms in total. The number of benzene rings is 2. The molecule has 0 saturated heterocycles. The van der Waals surface area contributed by atoms with Gasteiger partial charge in [-0.1, -0.05) is 26.0 Å². The molecule has 0 bridgehead atoms. The summed E-state index contributed by atoms with van der Waals surface area (Å²) in [6.07, 6.45) is 0. The summed E-state index contributed by atoms with van der Waals surface area (Å²) in [7, 11) is -3.45. The molecule has 0 heterocycles. The van der Waals surface area contributed by atoms with Gasteiger partial charge in [0.15, 0.2) is 0 Å². The van der Waals surface area contributed by atoms with Crippen molar-refractivity contribution in [3.63, 3.8) is 0 Å². The maximum Gasteiger partial charge on any atom is 0.251 e. The van der Waals surface area contributed by atoms with E-state index in [0.29, 0.717) is 25.2 Å². The van der Waals surface area contributed by atoms with Gasteiger partial charge in [-0.15, -0.1) is 0 Å². The molecule has 1 N–H and O–H groups in total. The monoisotopic (exact) mass is 472 g/mol. The van der Waals surface area contributed by atoms with Crippen LogP contribution in [0.25, 0.3) is 0 Å². The van der Waals surface area contributed by atoms with Crippen molar-refractivity contribution in [3.05, 3.63) is 63.2 Å². The number of nitrogens with zero attached hydrogens (tertiary/aromatic N) is 1. The Labute approximate surface area is 162 Å². The molecule has 0 aromatic heterocycles. The zero-order valence-corrected chi connectivity index (χ0v) is 17.2. The third kappa shape index (κ3) is 5.02. The SMILES string of the molecule is CCN(CC)S(=O)(=O)c1ccc(CNC(=O)c2ccc(I)cc2)cc1. The highest BCUT2D eigenvalue weighted by Gasteiger charge is 2.21. The third-order valence-corrected chi connectivity index (χ3v) is 6.61. The predicted molar refractivity (Wildman–Crippen MR) is 107 cm³/mol. The van der Waals surface area contributed by atoms with Crippen LogP contribution in [0.5, 0.6) is 0 Å². The van der Waals surface area contributed by atoms with E-state index < -0.39 is 10.0 Å². The fourth-order valence-corrected chi connectivity index (χ4v) is 4.20. The van der Waals surface area contributed by atoms with E-state index in [9.17, 15) is 13.2 Å². The van der Waals surface area contributed by atoms with Crippen molar-refractivity contribution >= 4 is 38.5 Å². The quantitative estimate of drug-likeness (QED) is 0.630. The first-order valence-electron chi connectivity index (χ1n) is 8.01. The van der Waals surface area contributed by atoms with Gasteiger partial charge in [0.05, 0.1) is 4.90 Å². The number of carbonyl (C=O) groups is 1. The van der Waals surface area contributed by atoms with Crippen LogP contribution in [0.15, 0.2) is 53.4 Å². The second-order valence-corrected chi connectivity index (χ2v) is 8.61. The molecule has 0 aliphatic rings. The van der Waals surface area contributed by atoms with Gasteiger partial charge in [0.2, 0.25) is 10.0 Å². The minimum atomic E-state index is -3.45. The van der Waals surface area contributed by atoms with Gasteiger partial charge in [-0.05, 0) is 64.6 Å². The fourth-order valence-electron chi connectivity index (χ4n) is 2.38. The minimum absolute atomic E-state index is 0.156. The second-order valence-electron chi connectivity index (χ2n) is 5.42. The van der Waals surface area contributed by atoms with E-state index in [-0.39, 0.29) is 10.8 Å². The van der Waals surface area contributed by atoms with E-state index in [1.807, 2.05) is 26.0 Å². The molecule has 2 aromatic rings. The molecule has 2 rings (SSSR count). The molecule has 0 fully saturated rings. The summed E-state index contributed by atoms with van der Waals surface area (Å²) in [6.45, 7) is 4.85. The number of amides is 1. The van der Waals surface area contributed by atoms with Crippen LogP contribution < -0.4 is 5.32 Å².